The van der Waals surface area contributed by atoms with Crippen molar-refractivity contribution >= 4 is 55.6 Å². The van der Waals surface area contributed by atoms with Crippen LogP contribution in [0.3, 0.4) is 0 Å². The van der Waals surface area contributed by atoms with Crippen LogP contribution in [0.1, 0.15) is 12.5 Å². The molecule has 202 valence electrons. The molecule has 6 heterocycles. The molecule has 38 heavy (non-hydrogen) atoms. The van der Waals surface area contributed by atoms with Crippen LogP contribution in [0, 0.1) is 0 Å². The third-order valence-electron chi connectivity index (χ3n) is 6.54. The number of rotatable bonds is 7. The average molecular weight is 565 g/mol. The Morgan fingerprint density at radius 1 is 0.658 bits per heavy atom. The third kappa shape index (κ3) is 4.22. The van der Waals surface area contributed by atoms with E-state index in [9.17, 15) is 20.4 Å². The standard InChI is InChI=1S/C20H24N10O6S2/c21-15-9-17(25-3-23-15)29(5-27-9)19-13(33)11(31)7(35-19)1-37-38-2-8-12(32)14(34)20(36-8)30-6-28-10-16(22)24-4-26-18(10)30/h3-8,11-14,19-20,31-34H,1-2H2,(H2,21,23,25)(H2,22,24,26)/t7-,8-,11+,12+,13?,14?,19-,20-/m1/s1. The van der Waals surface area contributed by atoms with E-state index in [1.807, 2.05) is 0 Å². The Labute approximate surface area is 221 Å². The van der Waals surface area contributed by atoms with Gasteiger partial charge < -0.3 is 41.4 Å². The van der Waals surface area contributed by atoms with Gasteiger partial charge in [-0.2, -0.15) is 0 Å². The number of ether oxygens (including phenoxy) is 2. The lowest BCUT2D eigenvalue weighted by atomic mass is 10.1. The predicted molar refractivity (Wildman–Crippen MR) is 136 cm³/mol. The molecule has 18 heteroatoms. The summed E-state index contributed by atoms with van der Waals surface area (Å²) in [6.07, 6.45) is -2.43. The molecule has 0 amide bonds. The Morgan fingerprint density at radius 2 is 1.08 bits per heavy atom. The molecule has 2 aliphatic heterocycles. The zero-order valence-electron chi connectivity index (χ0n) is 19.5. The minimum atomic E-state index is -1.21. The van der Waals surface area contributed by atoms with Gasteiger partial charge in [0.2, 0.25) is 0 Å². The second-order valence-electron chi connectivity index (χ2n) is 8.83. The van der Waals surface area contributed by atoms with E-state index < -0.39 is 49.1 Å². The molecule has 2 saturated heterocycles. The summed E-state index contributed by atoms with van der Waals surface area (Å²) in [5.41, 5.74) is 13.2. The van der Waals surface area contributed by atoms with Gasteiger partial charge in [-0.3, -0.25) is 9.13 Å². The number of aliphatic hydroxyl groups is 4. The summed E-state index contributed by atoms with van der Waals surface area (Å²) in [5.74, 6) is 1.07. The second kappa shape index (κ2) is 10.0. The van der Waals surface area contributed by atoms with E-state index in [0.717, 1.165) is 0 Å². The van der Waals surface area contributed by atoms with Gasteiger partial charge >= 0.3 is 0 Å². The van der Waals surface area contributed by atoms with Crippen LogP contribution in [-0.4, -0.2) is 108 Å². The first-order valence-corrected chi connectivity index (χ1v) is 14.0. The van der Waals surface area contributed by atoms with Crippen LogP contribution in [-0.2, 0) is 9.47 Å². The topological polar surface area (TPSA) is 239 Å². The molecule has 2 aliphatic rings. The molecule has 0 aliphatic carbocycles. The molecule has 8 atom stereocenters. The number of nitrogens with zero attached hydrogens (tertiary/aromatic N) is 8. The van der Waals surface area contributed by atoms with E-state index in [-0.39, 0.29) is 11.6 Å². The van der Waals surface area contributed by atoms with Crippen molar-refractivity contribution in [2.24, 2.45) is 0 Å². The molecule has 2 fully saturated rings. The number of hydrogen-bond acceptors (Lipinski definition) is 16. The summed E-state index contributed by atoms with van der Waals surface area (Å²) in [6.45, 7) is 0. The van der Waals surface area contributed by atoms with Crippen molar-refractivity contribution in [3.63, 3.8) is 0 Å². The van der Waals surface area contributed by atoms with Crippen molar-refractivity contribution in [1.29, 1.82) is 0 Å². The molecule has 0 spiro atoms. The number of aromatic nitrogens is 8. The summed E-state index contributed by atoms with van der Waals surface area (Å²) >= 11 is 0. The third-order valence-corrected chi connectivity index (χ3v) is 8.96. The van der Waals surface area contributed by atoms with Gasteiger partial charge in [-0.1, -0.05) is 21.6 Å². The molecule has 16 nitrogen and oxygen atoms in total. The summed E-state index contributed by atoms with van der Waals surface area (Å²) in [7, 11) is 2.75. The van der Waals surface area contributed by atoms with E-state index in [0.29, 0.717) is 33.8 Å². The van der Waals surface area contributed by atoms with Gasteiger partial charge in [0.05, 0.1) is 24.9 Å². The fourth-order valence-corrected chi connectivity index (χ4v) is 6.93. The molecule has 4 aromatic rings. The number of aliphatic hydroxyl groups excluding tert-OH is 4. The predicted octanol–water partition coefficient (Wildman–Crippen LogP) is -1.55. The number of nitrogen functional groups attached to an aromatic ring is 2. The smallest absolute Gasteiger partial charge is 0.167 e. The Morgan fingerprint density at radius 3 is 1.50 bits per heavy atom. The lowest BCUT2D eigenvalue weighted by Crippen LogP contribution is -2.33. The molecule has 6 rings (SSSR count). The lowest BCUT2D eigenvalue weighted by Gasteiger charge is -2.17. The van der Waals surface area contributed by atoms with Crippen LogP contribution in [0.4, 0.5) is 11.6 Å². The van der Waals surface area contributed by atoms with Crippen molar-refractivity contribution in [3.8, 4) is 0 Å². The van der Waals surface area contributed by atoms with Crippen molar-refractivity contribution in [3.05, 3.63) is 25.3 Å². The van der Waals surface area contributed by atoms with Crippen molar-refractivity contribution < 1.29 is 29.9 Å². The Balaban J connectivity index is 1.05. The average Bonchev–Trinajstić information content (AvgIpc) is 3.66. The normalized spacial score (nSPS) is 31.6. The Bertz CT molecular complexity index is 1350. The first-order chi connectivity index (χ1) is 18.3. The van der Waals surface area contributed by atoms with Crippen molar-refractivity contribution in [1.82, 2.24) is 39.0 Å². The number of hydrogen-bond donors (Lipinski definition) is 6. The molecular weight excluding hydrogens is 540 g/mol. The fourth-order valence-electron chi connectivity index (χ4n) is 4.54. The van der Waals surface area contributed by atoms with E-state index in [2.05, 4.69) is 29.9 Å². The number of imidazole rings is 2. The maximum atomic E-state index is 10.6. The van der Waals surface area contributed by atoms with E-state index >= 15 is 0 Å². The largest absolute Gasteiger partial charge is 0.387 e. The highest BCUT2D eigenvalue weighted by Crippen LogP contribution is 2.38. The quantitative estimate of drug-likeness (QED) is 0.110. The number of nitrogens with two attached hydrogens (primary N) is 2. The monoisotopic (exact) mass is 564 g/mol. The number of fused-ring (bicyclic) bond motifs is 2. The second-order valence-corrected chi connectivity index (χ2v) is 11.4. The maximum absolute atomic E-state index is 10.6. The lowest BCUT2D eigenvalue weighted by molar-refractivity contribution is -0.0290. The first-order valence-electron chi connectivity index (χ1n) is 11.5. The molecule has 8 N–H and O–H groups in total. The molecule has 0 saturated carbocycles. The molecule has 0 aromatic carbocycles. The van der Waals surface area contributed by atoms with Gasteiger partial charge in [0.1, 0.15) is 48.1 Å². The van der Waals surface area contributed by atoms with Crippen LogP contribution in [0.5, 0.6) is 0 Å². The minimum Gasteiger partial charge on any atom is -0.387 e. The van der Waals surface area contributed by atoms with Crippen LogP contribution in [0.15, 0.2) is 25.3 Å². The molecule has 0 radical (unpaired) electrons. The summed E-state index contributed by atoms with van der Waals surface area (Å²) in [4.78, 5) is 24.5. The van der Waals surface area contributed by atoms with Crippen LogP contribution >= 0.6 is 21.6 Å². The zero-order valence-corrected chi connectivity index (χ0v) is 21.1. The van der Waals surface area contributed by atoms with Gasteiger partial charge in [0, 0.05) is 11.5 Å². The highest BCUT2D eigenvalue weighted by Gasteiger charge is 2.46. The van der Waals surface area contributed by atoms with Crippen LogP contribution in [0.2, 0.25) is 0 Å². The first kappa shape index (κ1) is 25.4. The van der Waals surface area contributed by atoms with Gasteiger partial charge in [-0.25, -0.2) is 29.9 Å². The Hall–Kier alpha value is -2.84. The molecule has 0 bridgehead atoms. The zero-order chi connectivity index (χ0) is 26.6. The highest BCUT2D eigenvalue weighted by molar-refractivity contribution is 8.76. The summed E-state index contributed by atoms with van der Waals surface area (Å²) in [5, 5.41) is 42.4. The van der Waals surface area contributed by atoms with E-state index in [1.165, 1.54) is 56.0 Å². The Kier molecular flexibility index (Phi) is 6.72. The van der Waals surface area contributed by atoms with Crippen molar-refractivity contribution in [2.75, 3.05) is 23.0 Å². The molecular formula is C20H24N10O6S2. The number of anilines is 2. The molecule has 4 aromatic heterocycles. The highest BCUT2D eigenvalue weighted by atomic mass is 33.1. The van der Waals surface area contributed by atoms with Gasteiger partial charge in [-0.05, 0) is 0 Å². The van der Waals surface area contributed by atoms with E-state index in [4.69, 9.17) is 20.9 Å². The van der Waals surface area contributed by atoms with Gasteiger partial charge in [0.25, 0.3) is 0 Å². The van der Waals surface area contributed by atoms with Crippen LogP contribution < -0.4 is 11.5 Å². The van der Waals surface area contributed by atoms with Crippen molar-refractivity contribution in [2.45, 2.75) is 49.1 Å². The van der Waals surface area contributed by atoms with Gasteiger partial charge in [0.15, 0.2) is 35.4 Å². The maximum Gasteiger partial charge on any atom is 0.167 e. The minimum absolute atomic E-state index is 0.201. The SMILES string of the molecule is Nc1ncnc2c1ncn2[C@@H]1O[C@H](CSSC[C@H]2O[C@@H](n3cnc4c(N)ncnc43)C(O)[C@H]2O)[C@H](O)C1O. The fraction of sp³-hybridized carbons (Fsp3) is 0.500. The van der Waals surface area contributed by atoms with Crippen LogP contribution in [0.25, 0.3) is 22.3 Å². The van der Waals surface area contributed by atoms with Gasteiger partial charge in [-0.15, -0.1) is 0 Å². The molecule has 2 unspecified atom stereocenters. The summed E-state index contributed by atoms with van der Waals surface area (Å²) in [6, 6.07) is 0. The summed E-state index contributed by atoms with van der Waals surface area (Å²) < 4.78 is 14.9. The van der Waals surface area contributed by atoms with E-state index in [1.54, 1.807) is 0 Å².